The summed E-state index contributed by atoms with van der Waals surface area (Å²) in [5.41, 5.74) is 0.825. The van der Waals surface area contributed by atoms with Crippen LogP contribution in [0.3, 0.4) is 0 Å². The van der Waals surface area contributed by atoms with Crippen molar-refractivity contribution >= 4 is 0 Å². The summed E-state index contributed by atoms with van der Waals surface area (Å²) in [6, 6.07) is 4.85. The van der Waals surface area contributed by atoms with Gasteiger partial charge in [0.15, 0.2) is 11.6 Å². The molecule has 1 aromatic carbocycles. The van der Waals surface area contributed by atoms with Crippen LogP contribution in [0.2, 0.25) is 0 Å². The Bertz CT molecular complexity index is 361. The molecule has 0 spiro atoms. The molecule has 16 heavy (non-hydrogen) atoms. The molecular weight excluding hydrogens is 207 g/mol. The van der Waals surface area contributed by atoms with Gasteiger partial charge in [-0.1, -0.05) is 18.9 Å². The molecule has 1 fully saturated rings. The predicted molar refractivity (Wildman–Crippen MR) is 60.0 cm³/mol. The highest BCUT2D eigenvalue weighted by atomic mass is 19.1. The van der Waals surface area contributed by atoms with Crippen molar-refractivity contribution in [2.24, 2.45) is 5.92 Å². The molecule has 0 radical (unpaired) electrons. The zero-order chi connectivity index (χ0) is 11.5. The monoisotopic (exact) mass is 224 g/mol. The Labute approximate surface area is 95.1 Å². The normalized spacial score (nSPS) is 17.2. The standard InChI is InChI=1S/C13H17FO2/c1-16-13-5-4-10(8-12(13)14)7-11(15)6-9-2-3-9/h4-5,8-9,11,15H,2-3,6-7H2,1H3. The van der Waals surface area contributed by atoms with Crippen molar-refractivity contribution in [1.29, 1.82) is 0 Å². The summed E-state index contributed by atoms with van der Waals surface area (Å²) in [7, 11) is 1.44. The van der Waals surface area contributed by atoms with Crippen LogP contribution in [0.5, 0.6) is 5.75 Å². The average molecular weight is 224 g/mol. The second kappa shape index (κ2) is 4.83. The topological polar surface area (TPSA) is 29.5 Å². The lowest BCUT2D eigenvalue weighted by Crippen LogP contribution is -2.11. The van der Waals surface area contributed by atoms with Crippen LogP contribution in [0, 0.1) is 11.7 Å². The smallest absolute Gasteiger partial charge is 0.165 e. The highest BCUT2D eigenvalue weighted by Crippen LogP contribution is 2.34. The second-order valence-electron chi connectivity index (χ2n) is 4.51. The van der Waals surface area contributed by atoms with E-state index in [0.29, 0.717) is 12.3 Å². The van der Waals surface area contributed by atoms with Gasteiger partial charge in [0.25, 0.3) is 0 Å². The number of hydrogen-bond acceptors (Lipinski definition) is 2. The van der Waals surface area contributed by atoms with Gasteiger partial charge in [0.05, 0.1) is 13.2 Å². The number of rotatable bonds is 5. The largest absolute Gasteiger partial charge is 0.494 e. The number of methoxy groups -OCH3 is 1. The zero-order valence-corrected chi connectivity index (χ0v) is 9.45. The minimum absolute atomic E-state index is 0.250. The molecule has 0 heterocycles. The maximum atomic E-state index is 13.4. The van der Waals surface area contributed by atoms with Crippen molar-refractivity contribution in [3.63, 3.8) is 0 Å². The molecule has 88 valence electrons. The summed E-state index contributed by atoms with van der Waals surface area (Å²) in [6.45, 7) is 0. The van der Waals surface area contributed by atoms with Crippen LogP contribution in [0.4, 0.5) is 4.39 Å². The Morgan fingerprint density at radius 1 is 1.50 bits per heavy atom. The molecule has 3 heteroatoms. The van der Waals surface area contributed by atoms with Crippen molar-refractivity contribution in [1.82, 2.24) is 0 Å². The third-order valence-electron chi connectivity index (χ3n) is 2.99. The van der Waals surface area contributed by atoms with Gasteiger partial charge in [-0.25, -0.2) is 4.39 Å². The van der Waals surface area contributed by atoms with E-state index >= 15 is 0 Å². The summed E-state index contributed by atoms with van der Waals surface area (Å²) in [5.74, 6) is 0.581. The van der Waals surface area contributed by atoms with Crippen LogP contribution in [0.15, 0.2) is 18.2 Å². The average Bonchev–Trinajstić information content (AvgIpc) is 3.01. The van der Waals surface area contributed by atoms with Crippen LogP contribution < -0.4 is 4.74 Å². The number of halogens is 1. The summed E-state index contributed by atoms with van der Waals surface area (Å²) in [5, 5.41) is 9.78. The quantitative estimate of drug-likeness (QED) is 0.832. The molecule has 0 saturated heterocycles. The van der Waals surface area contributed by atoms with E-state index in [1.165, 1.54) is 26.0 Å². The first-order valence-electron chi connectivity index (χ1n) is 5.69. The molecule has 1 N–H and O–H groups in total. The van der Waals surface area contributed by atoms with Gasteiger partial charge < -0.3 is 9.84 Å². The van der Waals surface area contributed by atoms with E-state index in [2.05, 4.69) is 0 Å². The van der Waals surface area contributed by atoms with Crippen molar-refractivity contribution in [2.75, 3.05) is 7.11 Å². The summed E-state index contributed by atoms with van der Waals surface area (Å²) in [4.78, 5) is 0. The van der Waals surface area contributed by atoms with E-state index in [4.69, 9.17) is 4.74 Å². The Hall–Kier alpha value is -1.09. The molecule has 1 unspecified atom stereocenters. The van der Waals surface area contributed by atoms with Gasteiger partial charge in [-0.05, 0) is 36.5 Å². The molecule has 1 aromatic rings. The number of benzene rings is 1. The van der Waals surface area contributed by atoms with Crippen LogP contribution in [0.1, 0.15) is 24.8 Å². The third-order valence-corrected chi connectivity index (χ3v) is 2.99. The molecule has 0 aliphatic heterocycles. The maximum absolute atomic E-state index is 13.4. The van der Waals surface area contributed by atoms with Crippen molar-refractivity contribution in [3.8, 4) is 5.75 Å². The molecule has 1 atom stereocenters. The van der Waals surface area contributed by atoms with E-state index in [0.717, 1.165) is 12.0 Å². The fraction of sp³-hybridized carbons (Fsp3) is 0.538. The number of aliphatic hydroxyl groups excluding tert-OH is 1. The summed E-state index contributed by atoms with van der Waals surface area (Å²) < 4.78 is 18.2. The van der Waals surface area contributed by atoms with Crippen LogP contribution in [-0.2, 0) is 6.42 Å². The highest BCUT2D eigenvalue weighted by Gasteiger charge is 2.24. The first-order valence-corrected chi connectivity index (χ1v) is 5.69. The highest BCUT2D eigenvalue weighted by molar-refractivity contribution is 5.29. The lowest BCUT2D eigenvalue weighted by molar-refractivity contribution is 0.158. The van der Waals surface area contributed by atoms with Gasteiger partial charge in [0.2, 0.25) is 0 Å². The Kier molecular flexibility index (Phi) is 3.44. The van der Waals surface area contributed by atoms with E-state index in [-0.39, 0.29) is 17.7 Å². The van der Waals surface area contributed by atoms with Gasteiger partial charge in [0.1, 0.15) is 0 Å². The van der Waals surface area contributed by atoms with Gasteiger partial charge in [-0.3, -0.25) is 0 Å². The predicted octanol–water partition coefficient (Wildman–Crippen LogP) is 2.54. The Balaban J connectivity index is 1.95. The minimum Gasteiger partial charge on any atom is -0.494 e. The molecule has 1 aliphatic rings. The third kappa shape index (κ3) is 2.95. The number of aliphatic hydroxyl groups is 1. The number of ether oxygens (including phenoxy) is 1. The minimum atomic E-state index is -0.362. The Morgan fingerprint density at radius 2 is 2.25 bits per heavy atom. The summed E-state index contributed by atoms with van der Waals surface area (Å²) >= 11 is 0. The SMILES string of the molecule is COc1ccc(CC(O)CC2CC2)cc1F. The fourth-order valence-electron chi connectivity index (χ4n) is 1.93. The van der Waals surface area contributed by atoms with Crippen LogP contribution >= 0.6 is 0 Å². The van der Waals surface area contributed by atoms with Crippen LogP contribution in [-0.4, -0.2) is 18.3 Å². The van der Waals surface area contributed by atoms with Gasteiger partial charge in [-0.2, -0.15) is 0 Å². The fourth-order valence-corrected chi connectivity index (χ4v) is 1.93. The van der Waals surface area contributed by atoms with Gasteiger partial charge >= 0.3 is 0 Å². The maximum Gasteiger partial charge on any atom is 0.165 e. The van der Waals surface area contributed by atoms with Crippen molar-refractivity contribution < 1.29 is 14.2 Å². The Morgan fingerprint density at radius 3 is 2.81 bits per heavy atom. The van der Waals surface area contributed by atoms with Gasteiger partial charge in [-0.15, -0.1) is 0 Å². The molecule has 2 rings (SSSR count). The molecule has 0 amide bonds. The van der Waals surface area contributed by atoms with E-state index < -0.39 is 0 Å². The van der Waals surface area contributed by atoms with Crippen molar-refractivity contribution in [2.45, 2.75) is 31.8 Å². The van der Waals surface area contributed by atoms with Gasteiger partial charge in [0, 0.05) is 0 Å². The molecule has 0 aromatic heterocycles. The zero-order valence-electron chi connectivity index (χ0n) is 9.45. The van der Waals surface area contributed by atoms with E-state index in [1.807, 2.05) is 0 Å². The van der Waals surface area contributed by atoms with E-state index in [1.54, 1.807) is 12.1 Å². The van der Waals surface area contributed by atoms with Crippen LogP contribution in [0.25, 0.3) is 0 Å². The second-order valence-corrected chi connectivity index (χ2v) is 4.51. The molecule has 2 nitrogen and oxygen atoms in total. The number of hydrogen-bond donors (Lipinski definition) is 1. The first-order chi connectivity index (χ1) is 7.69. The molecule has 0 bridgehead atoms. The summed E-state index contributed by atoms with van der Waals surface area (Å²) in [6.07, 6.45) is 3.48. The molecule has 1 aliphatic carbocycles. The van der Waals surface area contributed by atoms with Crippen molar-refractivity contribution in [3.05, 3.63) is 29.6 Å². The molecule has 1 saturated carbocycles. The molecular formula is C13H17FO2. The lowest BCUT2D eigenvalue weighted by Gasteiger charge is -2.10. The van der Waals surface area contributed by atoms with E-state index in [9.17, 15) is 9.50 Å². The lowest BCUT2D eigenvalue weighted by atomic mass is 10.0. The first kappa shape index (κ1) is 11.4.